The van der Waals surface area contributed by atoms with Crippen molar-refractivity contribution in [1.82, 2.24) is 0 Å². The van der Waals surface area contributed by atoms with Crippen LogP contribution in [-0.2, 0) is 6.42 Å². The maximum atomic E-state index is 12.2. The van der Waals surface area contributed by atoms with Gasteiger partial charge in [0.15, 0.2) is 5.78 Å². The van der Waals surface area contributed by atoms with E-state index in [0.29, 0.717) is 0 Å². The molecule has 90 valence electrons. The summed E-state index contributed by atoms with van der Waals surface area (Å²) in [5, 5.41) is 3.29. The van der Waals surface area contributed by atoms with Gasteiger partial charge < -0.3 is 5.32 Å². The number of fused-ring (bicyclic) bond motifs is 1. The van der Waals surface area contributed by atoms with E-state index in [-0.39, 0.29) is 11.8 Å². The number of benzene rings is 2. The number of rotatable bonds is 2. The van der Waals surface area contributed by atoms with Crippen LogP contribution in [0.1, 0.15) is 15.9 Å². The third kappa shape index (κ3) is 2.06. The van der Waals surface area contributed by atoms with E-state index in [4.69, 9.17) is 0 Å². The quantitative estimate of drug-likeness (QED) is 0.917. The molecule has 0 spiro atoms. The van der Waals surface area contributed by atoms with Crippen molar-refractivity contribution in [1.29, 1.82) is 0 Å². The molecule has 0 saturated heterocycles. The predicted octanol–water partition coefficient (Wildman–Crippen LogP) is 3.67. The van der Waals surface area contributed by atoms with Crippen LogP contribution in [0.25, 0.3) is 0 Å². The van der Waals surface area contributed by atoms with Crippen molar-refractivity contribution in [2.75, 3.05) is 5.32 Å². The first-order valence-electron chi connectivity index (χ1n) is 5.88. The summed E-state index contributed by atoms with van der Waals surface area (Å²) >= 11 is 3.41. The van der Waals surface area contributed by atoms with Crippen LogP contribution in [0.15, 0.2) is 53.0 Å². The fourth-order valence-electron chi connectivity index (χ4n) is 2.26. The van der Waals surface area contributed by atoms with Gasteiger partial charge in [-0.05, 0) is 29.8 Å². The van der Waals surface area contributed by atoms with E-state index in [1.54, 1.807) is 0 Å². The summed E-state index contributed by atoms with van der Waals surface area (Å²) in [6, 6.07) is 15.6. The second kappa shape index (κ2) is 4.58. The van der Waals surface area contributed by atoms with Gasteiger partial charge >= 0.3 is 0 Å². The molecule has 1 N–H and O–H groups in total. The van der Waals surface area contributed by atoms with E-state index in [1.807, 2.05) is 48.5 Å². The summed E-state index contributed by atoms with van der Waals surface area (Å²) in [7, 11) is 0. The van der Waals surface area contributed by atoms with Gasteiger partial charge in [0, 0.05) is 22.1 Å². The molecule has 0 aromatic heterocycles. The second-order valence-electron chi connectivity index (χ2n) is 4.44. The highest BCUT2D eigenvalue weighted by molar-refractivity contribution is 9.10. The average Bonchev–Trinajstić information content (AvgIpc) is 2.70. The van der Waals surface area contributed by atoms with Crippen molar-refractivity contribution in [3.05, 3.63) is 64.1 Å². The maximum Gasteiger partial charge on any atom is 0.187 e. The number of hydrogen-bond acceptors (Lipinski definition) is 2. The zero-order valence-corrected chi connectivity index (χ0v) is 11.3. The normalized spacial score (nSPS) is 17.4. The molecule has 0 amide bonds. The number of para-hydroxylation sites is 1. The van der Waals surface area contributed by atoms with Gasteiger partial charge in [-0.3, -0.25) is 4.79 Å². The van der Waals surface area contributed by atoms with Crippen LogP contribution in [-0.4, -0.2) is 11.8 Å². The van der Waals surface area contributed by atoms with E-state index in [0.717, 1.165) is 27.7 Å². The van der Waals surface area contributed by atoms with E-state index in [9.17, 15) is 4.79 Å². The minimum Gasteiger partial charge on any atom is -0.374 e. The zero-order valence-electron chi connectivity index (χ0n) is 9.69. The highest BCUT2D eigenvalue weighted by atomic mass is 79.9. The number of Topliss-reactive ketones (excluding diaryl/α,β-unsaturated/α-hetero) is 1. The molecule has 1 heterocycles. The molecule has 3 heteroatoms. The second-order valence-corrected chi connectivity index (χ2v) is 5.35. The molecule has 0 bridgehead atoms. The Kier molecular flexibility index (Phi) is 2.92. The van der Waals surface area contributed by atoms with Gasteiger partial charge in [0.1, 0.15) is 0 Å². The largest absolute Gasteiger partial charge is 0.374 e. The topological polar surface area (TPSA) is 29.1 Å². The molecule has 2 aromatic rings. The number of carbonyl (C=O) groups is 1. The van der Waals surface area contributed by atoms with E-state index in [1.165, 1.54) is 0 Å². The lowest BCUT2D eigenvalue weighted by Crippen LogP contribution is -2.24. The third-order valence-electron chi connectivity index (χ3n) is 3.19. The summed E-state index contributed by atoms with van der Waals surface area (Å²) in [4.78, 5) is 12.2. The van der Waals surface area contributed by atoms with E-state index >= 15 is 0 Å². The van der Waals surface area contributed by atoms with Crippen LogP contribution in [0.3, 0.4) is 0 Å². The van der Waals surface area contributed by atoms with Crippen molar-refractivity contribution in [3.8, 4) is 0 Å². The summed E-state index contributed by atoms with van der Waals surface area (Å²) < 4.78 is 1.06. The molecule has 1 aliphatic rings. The van der Waals surface area contributed by atoms with E-state index < -0.39 is 0 Å². The number of nitrogens with one attached hydrogen (secondary N) is 1. The predicted molar refractivity (Wildman–Crippen MR) is 76.0 cm³/mol. The lowest BCUT2D eigenvalue weighted by atomic mass is 10.0. The smallest absolute Gasteiger partial charge is 0.187 e. The summed E-state index contributed by atoms with van der Waals surface area (Å²) in [6.45, 7) is 0. The van der Waals surface area contributed by atoms with Gasteiger partial charge in [-0.1, -0.05) is 40.2 Å². The van der Waals surface area contributed by atoms with Gasteiger partial charge in [0.05, 0.1) is 6.04 Å². The van der Waals surface area contributed by atoms with Gasteiger partial charge in [-0.15, -0.1) is 0 Å². The first-order valence-corrected chi connectivity index (χ1v) is 6.67. The fraction of sp³-hybridized carbons (Fsp3) is 0.133. The third-order valence-corrected chi connectivity index (χ3v) is 3.72. The molecule has 2 aromatic carbocycles. The fourth-order valence-corrected chi connectivity index (χ4v) is 2.53. The first kappa shape index (κ1) is 11.5. The van der Waals surface area contributed by atoms with Crippen LogP contribution in [0.4, 0.5) is 5.69 Å². The first-order chi connectivity index (χ1) is 8.74. The van der Waals surface area contributed by atoms with Crippen LogP contribution < -0.4 is 5.32 Å². The molecule has 0 saturated carbocycles. The maximum absolute atomic E-state index is 12.2. The van der Waals surface area contributed by atoms with Crippen molar-refractivity contribution >= 4 is 27.4 Å². The lowest BCUT2D eigenvalue weighted by Gasteiger charge is -2.09. The Hall–Kier alpha value is -1.61. The Morgan fingerprint density at radius 2 is 1.78 bits per heavy atom. The minimum atomic E-state index is -0.136. The molecular formula is C15H12BrNO. The molecule has 1 aliphatic heterocycles. The SMILES string of the molecule is O=C1c2ccccc2N[C@H]1Cc1ccc(Br)cc1. The van der Waals surface area contributed by atoms with Crippen LogP contribution in [0.2, 0.25) is 0 Å². The van der Waals surface area contributed by atoms with Crippen LogP contribution in [0, 0.1) is 0 Å². The monoisotopic (exact) mass is 301 g/mol. The average molecular weight is 302 g/mol. The summed E-state index contributed by atoms with van der Waals surface area (Å²) in [5.41, 5.74) is 2.92. The Bertz CT molecular complexity index is 592. The molecule has 2 nitrogen and oxygen atoms in total. The molecule has 3 rings (SSSR count). The zero-order chi connectivity index (χ0) is 12.5. The van der Waals surface area contributed by atoms with Crippen molar-refractivity contribution in [2.24, 2.45) is 0 Å². The van der Waals surface area contributed by atoms with Gasteiger partial charge in [-0.2, -0.15) is 0 Å². The number of halogens is 1. The molecule has 0 radical (unpaired) electrons. The molecule has 0 fully saturated rings. The Morgan fingerprint density at radius 3 is 2.50 bits per heavy atom. The molecule has 1 atom stereocenters. The Morgan fingerprint density at radius 1 is 1.06 bits per heavy atom. The molecule has 0 unspecified atom stereocenters. The van der Waals surface area contributed by atoms with Crippen LogP contribution in [0.5, 0.6) is 0 Å². The summed E-state index contributed by atoms with van der Waals surface area (Å²) in [5.74, 6) is 0.188. The Labute approximate surface area is 114 Å². The minimum absolute atomic E-state index is 0.136. The highest BCUT2D eigenvalue weighted by Gasteiger charge is 2.29. The number of ketones is 1. The van der Waals surface area contributed by atoms with Gasteiger partial charge in [0.25, 0.3) is 0 Å². The number of hydrogen-bond donors (Lipinski definition) is 1. The molecule has 0 aliphatic carbocycles. The molecule has 18 heavy (non-hydrogen) atoms. The van der Waals surface area contributed by atoms with Gasteiger partial charge in [-0.25, -0.2) is 0 Å². The highest BCUT2D eigenvalue weighted by Crippen LogP contribution is 2.27. The van der Waals surface area contributed by atoms with Crippen molar-refractivity contribution in [3.63, 3.8) is 0 Å². The van der Waals surface area contributed by atoms with E-state index in [2.05, 4.69) is 21.2 Å². The molecular weight excluding hydrogens is 290 g/mol. The standard InChI is InChI=1S/C15H12BrNO/c16-11-7-5-10(6-8-11)9-14-15(18)12-3-1-2-4-13(12)17-14/h1-8,14,17H,9H2/t14-/m0/s1. The number of anilines is 1. The van der Waals surface area contributed by atoms with Crippen molar-refractivity contribution < 1.29 is 4.79 Å². The van der Waals surface area contributed by atoms with Crippen LogP contribution >= 0.6 is 15.9 Å². The van der Waals surface area contributed by atoms with Gasteiger partial charge in [0.2, 0.25) is 0 Å². The number of carbonyl (C=O) groups excluding carboxylic acids is 1. The lowest BCUT2D eigenvalue weighted by molar-refractivity contribution is 0.0979. The Balaban J connectivity index is 1.81. The van der Waals surface area contributed by atoms with Crippen molar-refractivity contribution in [2.45, 2.75) is 12.5 Å². The summed E-state index contributed by atoms with van der Waals surface area (Å²) in [6.07, 6.45) is 0.723.